The van der Waals surface area contributed by atoms with Crippen LogP contribution >= 0.6 is 15.9 Å². The maximum Gasteiger partial charge on any atom is 0.285 e. The number of halogens is 1. The van der Waals surface area contributed by atoms with Crippen LogP contribution < -0.4 is 4.90 Å². The van der Waals surface area contributed by atoms with E-state index in [0.717, 1.165) is 5.69 Å². The van der Waals surface area contributed by atoms with Gasteiger partial charge in [-0.3, -0.25) is 10.1 Å². The molecule has 19 heavy (non-hydrogen) atoms. The van der Waals surface area contributed by atoms with Crippen molar-refractivity contribution in [2.75, 3.05) is 4.90 Å². The molecule has 4 nitrogen and oxygen atoms in total. The van der Waals surface area contributed by atoms with Gasteiger partial charge in [-0.05, 0) is 48.3 Å². The van der Waals surface area contributed by atoms with Crippen LogP contribution in [0.2, 0.25) is 0 Å². The van der Waals surface area contributed by atoms with Crippen LogP contribution in [0.3, 0.4) is 0 Å². The van der Waals surface area contributed by atoms with E-state index in [1.54, 1.807) is 6.07 Å². The third-order valence-electron chi connectivity index (χ3n) is 4.25. The second-order valence-corrected chi connectivity index (χ2v) is 6.83. The highest BCUT2D eigenvalue weighted by atomic mass is 79.9. The SMILES string of the molecule is CC(C)N1c2cc([N+](=O)[O-])c(Br)cc2C(C)(C)C1C. The fourth-order valence-corrected chi connectivity index (χ4v) is 3.42. The molecule has 0 aliphatic carbocycles. The first kappa shape index (κ1) is 14.3. The maximum absolute atomic E-state index is 11.1. The van der Waals surface area contributed by atoms with E-state index in [4.69, 9.17) is 0 Å². The molecule has 1 aromatic rings. The molecule has 104 valence electrons. The molecule has 1 aliphatic heterocycles. The Balaban J connectivity index is 2.69. The average Bonchev–Trinajstić information content (AvgIpc) is 2.47. The lowest BCUT2D eigenvalue weighted by atomic mass is 9.81. The highest BCUT2D eigenvalue weighted by Crippen LogP contribution is 2.49. The Hall–Kier alpha value is -1.10. The molecule has 1 aliphatic rings. The first-order chi connectivity index (χ1) is 8.67. The van der Waals surface area contributed by atoms with Crippen molar-refractivity contribution in [3.05, 3.63) is 32.3 Å². The minimum atomic E-state index is -0.334. The summed E-state index contributed by atoms with van der Waals surface area (Å²) < 4.78 is 0.558. The van der Waals surface area contributed by atoms with E-state index >= 15 is 0 Å². The van der Waals surface area contributed by atoms with Crippen molar-refractivity contribution < 1.29 is 4.92 Å². The zero-order valence-corrected chi connectivity index (χ0v) is 13.5. The van der Waals surface area contributed by atoms with Gasteiger partial charge in [-0.15, -0.1) is 0 Å². The van der Waals surface area contributed by atoms with Crippen molar-refractivity contribution in [2.24, 2.45) is 0 Å². The van der Waals surface area contributed by atoms with Gasteiger partial charge in [0.05, 0.1) is 9.40 Å². The van der Waals surface area contributed by atoms with E-state index in [-0.39, 0.29) is 16.0 Å². The summed E-state index contributed by atoms with van der Waals surface area (Å²) >= 11 is 3.32. The van der Waals surface area contributed by atoms with Gasteiger partial charge in [0.25, 0.3) is 5.69 Å². The number of nitro groups is 1. The van der Waals surface area contributed by atoms with Gasteiger partial charge in [-0.2, -0.15) is 0 Å². The minimum Gasteiger partial charge on any atom is -0.365 e. The number of benzene rings is 1. The van der Waals surface area contributed by atoms with Crippen molar-refractivity contribution in [1.29, 1.82) is 0 Å². The van der Waals surface area contributed by atoms with Crippen molar-refractivity contribution >= 4 is 27.3 Å². The minimum absolute atomic E-state index is 0.0166. The quantitative estimate of drug-likeness (QED) is 0.602. The summed E-state index contributed by atoms with van der Waals surface area (Å²) in [5, 5.41) is 11.1. The van der Waals surface area contributed by atoms with E-state index in [9.17, 15) is 10.1 Å². The molecule has 1 unspecified atom stereocenters. The standard InChI is InChI=1S/C14H19BrN2O2/c1-8(2)16-9(3)14(4,5)10-6-11(15)13(17(18)19)7-12(10)16/h6-9H,1-5H3. The Kier molecular flexibility index (Phi) is 3.37. The Morgan fingerprint density at radius 3 is 2.47 bits per heavy atom. The van der Waals surface area contributed by atoms with Gasteiger partial charge in [-0.1, -0.05) is 13.8 Å². The second-order valence-electron chi connectivity index (χ2n) is 5.98. The number of nitro benzene ring substituents is 1. The van der Waals surface area contributed by atoms with Crippen LogP contribution in [-0.2, 0) is 5.41 Å². The van der Waals surface area contributed by atoms with Gasteiger partial charge in [0.2, 0.25) is 0 Å². The number of nitrogens with zero attached hydrogens (tertiary/aromatic N) is 2. The van der Waals surface area contributed by atoms with Crippen LogP contribution in [0, 0.1) is 10.1 Å². The number of rotatable bonds is 2. The van der Waals surface area contributed by atoms with E-state index in [0.29, 0.717) is 16.6 Å². The summed E-state index contributed by atoms with van der Waals surface area (Å²) in [6.45, 7) is 10.8. The lowest BCUT2D eigenvalue weighted by Crippen LogP contribution is -2.42. The lowest BCUT2D eigenvalue weighted by Gasteiger charge is -2.34. The van der Waals surface area contributed by atoms with Crippen LogP contribution in [0.4, 0.5) is 11.4 Å². The molecular weight excluding hydrogens is 308 g/mol. The molecule has 0 fully saturated rings. The topological polar surface area (TPSA) is 46.4 Å². The van der Waals surface area contributed by atoms with E-state index in [1.165, 1.54) is 5.56 Å². The van der Waals surface area contributed by atoms with Crippen LogP contribution in [0.25, 0.3) is 0 Å². The first-order valence-electron chi connectivity index (χ1n) is 6.44. The summed E-state index contributed by atoms with van der Waals surface area (Å²) in [6, 6.07) is 4.24. The average molecular weight is 327 g/mol. The molecule has 0 bridgehead atoms. The summed E-state index contributed by atoms with van der Waals surface area (Å²) in [6.07, 6.45) is 0. The first-order valence-corrected chi connectivity index (χ1v) is 7.24. The van der Waals surface area contributed by atoms with Gasteiger partial charge in [0.1, 0.15) is 0 Å². The summed E-state index contributed by atoms with van der Waals surface area (Å²) in [4.78, 5) is 13.0. The summed E-state index contributed by atoms with van der Waals surface area (Å²) in [5.41, 5.74) is 2.28. The molecular formula is C14H19BrN2O2. The van der Waals surface area contributed by atoms with Crippen molar-refractivity contribution in [2.45, 2.75) is 52.1 Å². The Morgan fingerprint density at radius 1 is 1.42 bits per heavy atom. The normalized spacial score (nSPS) is 20.8. The molecule has 0 aromatic heterocycles. The monoisotopic (exact) mass is 326 g/mol. The van der Waals surface area contributed by atoms with Crippen molar-refractivity contribution in [1.82, 2.24) is 0 Å². The molecule has 2 rings (SSSR count). The molecule has 0 N–H and O–H groups in total. The van der Waals surface area contributed by atoms with Gasteiger partial charge in [-0.25, -0.2) is 0 Å². The van der Waals surface area contributed by atoms with Crippen LogP contribution in [0.1, 0.15) is 40.2 Å². The van der Waals surface area contributed by atoms with Crippen LogP contribution in [0.15, 0.2) is 16.6 Å². The highest BCUT2D eigenvalue weighted by Gasteiger charge is 2.44. The predicted molar refractivity (Wildman–Crippen MR) is 80.9 cm³/mol. The van der Waals surface area contributed by atoms with Gasteiger partial charge in [0.15, 0.2) is 0 Å². The molecule has 0 saturated carbocycles. The molecule has 1 aromatic carbocycles. The number of anilines is 1. The van der Waals surface area contributed by atoms with E-state index in [1.807, 2.05) is 6.07 Å². The predicted octanol–water partition coefficient (Wildman–Crippen LogP) is 4.25. The molecule has 1 heterocycles. The third kappa shape index (κ3) is 2.04. The van der Waals surface area contributed by atoms with Gasteiger partial charge < -0.3 is 4.90 Å². The fourth-order valence-electron chi connectivity index (χ4n) is 2.93. The van der Waals surface area contributed by atoms with Crippen LogP contribution in [0.5, 0.6) is 0 Å². The lowest BCUT2D eigenvalue weighted by molar-refractivity contribution is -0.385. The molecule has 0 spiro atoms. The number of hydrogen-bond donors (Lipinski definition) is 0. The zero-order chi connectivity index (χ0) is 14.5. The summed E-state index contributed by atoms with van der Waals surface area (Å²) in [5.74, 6) is 0. The van der Waals surface area contributed by atoms with E-state index < -0.39 is 0 Å². The second kappa shape index (κ2) is 4.47. The smallest absolute Gasteiger partial charge is 0.285 e. The molecule has 5 heteroatoms. The van der Waals surface area contributed by atoms with Gasteiger partial charge in [0, 0.05) is 29.3 Å². The maximum atomic E-state index is 11.1. The Morgan fingerprint density at radius 2 is 2.00 bits per heavy atom. The largest absolute Gasteiger partial charge is 0.365 e. The summed E-state index contributed by atoms with van der Waals surface area (Å²) in [7, 11) is 0. The highest BCUT2D eigenvalue weighted by molar-refractivity contribution is 9.10. The molecule has 0 amide bonds. The number of hydrogen-bond acceptors (Lipinski definition) is 3. The zero-order valence-electron chi connectivity index (χ0n) is 11.9. The fraction of sp³-hybridized carbons (Fsp3) is 0.571. The molecule has 0 radical (unpaired) electrons. The van der Waals surface area contributed by atoms with Crippen molar-refractivity contribution in [3.8, 4) is 0 Å². The van der Waals surface area contributed by atoms with Crippen molar-refractivity contribution in [3.63, 3.8) is 0 Å². The van der Waals surface area contributed by atoms with Crippen LogP contribution in [-0.4, -0.2) is 17.0 Å². The Bertz CT molecular complexity index is 540. The van der Waals surface area contributed by atoms with Gasteiger partial charge >= 0.3 is 0 Å². The van der Waals surface area contributed by atoms with E-state index in [2.05, 4.69) is 55.4 Å². The molecule has 0 saturated heterocycles. The third-order valence-corrected chi connectivity index (χ3v) is 4.89. The number of fused-ring (bicyclic) bond motifs is 1. The Labute approximate surface area is 122 Å². The molecule has 1 atom stereocenters.